The second kappa shape index (κ2) is 6.56. The molecule has 26 heavy (non-hydrogen) atoms. The molecular formula is C17H20N2O7. The number of esters is 2. The second-order valence-electron chi connectivity index (χ2n) is 6.46. The van der Waals surface area contributed by atoms with Gasteiger partial charge in [-0.1, -0.05) is 0 Å². The first kappa shape index (κ1) is 18.1. The molecule has 0 bridgehead atoms. The van der Waals surface area contributed by atoms with Gasteiger partial charge in [-0.15, -0.1) is 0 Å². The van der Waals surface area contributed by atoms with E-state index in [-0.39, 0.29) is 18.7 Å². The van der Waals surface area contributed by atoms with Gasteiger partial charge in [0.05, 0.1) is 38.6 Å². The molecule has 0 aliphatic carbocycles. The van der Waals surface area contributed by atoms with Crippen LogP contribution >= 0.6 is 0 Å². The predicted molar refractivity (Wildman–Crippen MR) is 85.3 cm³/mol. The van der Waals surface area contributed by atoms with Gasteiger partial charge in [0.1, 0.15) is 5.54 Å². The van der Waals surface area contributed by atoms with Gasteiger partial charge in [0.25, 0.3) is 0 Å². The lowest BCUT2D eigenvalue weighted by Gasteiger charge is -2.31. The van der Waals surface area contributed by atoms with Crippen LogP contribution in [0, 0.1) is 11.8 Å². The number of imide groups is 1. The van der Waals surface area contributed by atoms with E-state index in [1.54, 1.807) is 6.07 Å². The summed E-state index contributed by atoms with van der Waals surface area (Å²) in [6, 6.07) is 1.05. The lowest BCUT2D eigenvalue weighted by Crippen LogP contribution is -2.56. The van der Waals surface area contributed by atoms with E-state index in [9.17, 15) is 19.2 Å². The van der Waals surface area contributed by atoms with E-state index >= 15 is 0 Å². The normalized spacial score (nSPS) is 30.4. The third kappa shape index (κ3) is 2.50. The van der Waals surface area contributed by atoms with Gasteiger partial charge in [0.15, 0.2) is 0 Å². The molecule has 2 aliphatic rings. The van der Waals surface area contributed by atoms with Crippen LogP contribution in [0.5, 0.6) is 0 Å². The van der Waals surface area contributed by atoms with Crippen molar-refractivity contribution in [2.75, 3.05) is 21.3 Å². The topological polar surface area (TPSA) is 115 Å². The highest BCUT2D eigenvalue weighted by Gasteiger charge is 2.68. The average Bonchev–Trinajstić information content (AvgIpc) is 3.34. The molecule has 9 heteroatoms. The van der Waals surface area contributed by atoms with Gasteiger partial charge in [0, 0.05) is 25.1 Å². The first-order valence-corrected chi connectivity index (χ1v) is 8.13. The maximum Gasteiger partial charge on any atom is 0.326 e. The van der Waals surface area contributed by atoms with Crippen LogP contribution < -0.4 is 5.32 Å². The molecule has 2 amide bonds. The quantitative estimate of drug-likeness (QED) is 0.574. The Hall–Kier alpha value is -2.68. The molecule has 2 saturated heterocycles. The standard InChI is InChI=1S/C17H20N2O7/c1-19-14(21)11-12(15(19)22)17(16(23)25-3,6-4-10(20)24-2)18-13(11)9-5-7-26-8-9/h5,7-8,11-13,18H,4,6H2,1-3H3/t11-,12-,13-,17-/m1/s1. The summed E-state index contributed by atoms with van der Waals surface area (Å²) in [6.45, 7) is 0. The van der Waals surface area contributed by atoms with Crippen molar-refractivity contribution in [2.24, 2.45) is 11.8 Å². The SMILES string of the molecule is COC(=O)CC[C@@]1(C(=O)OC)N[C@H](c2ccoc2)[C@@H]2C(=O)N(C)C(=O)[C@@H]21. The monoisotopic (exact) mass is 364 g/mol. The van der Waals surface area contributed by atoms with Crippen LogP contribution in [-0.2, 0) is 28.7 Å². The van der Waals surface area contributed by atoms with E-state index in [1.165, 1.54) is 33.8 Å². The Labute approximate surface area is 149 Å². The van der Waals surface area contributed by atoms with Crippen LogP contribution in [0.3, 0.4) is 0 Å². The fourth-order valence-corrected chi connectivity index (χ4v) is 3.99. The van der Waals surface area contributed by atoms with E-state index in [1.807, 2.05) is 0 Å². The zero-order valence-corrected chi connectivity index (χ0v) is 14.7. The number of fused-ring (bicyclic) bond motifs is 1. The van der Waals surface area contributed by atoms with Crippen LogP contribution in [0.4, 0.5) is 0 Å². The second-order valence-corrected chi connectivity index (χ2v) is 6.46. The molecule has 1 aromatic heterocycles. The fourth-order valence-electron chi connectivity index (χ4n) is 3.99. The molecule has 1 N–H and O–H groups in total. The van der Waals surface area contributed by atoms with Crippen LogP contribution in [0.2, 0.25) is 0 Å². The van der Waals surface area contributed by atoms with Crippen molar-refractivity contribution in [3.63, 3.8) is 0 Å². The number of amides is 2. The Bertz CT molecular complexity index is 744. The lowest BCUT2D eigenvalue weighted by atomic mass is 9.77. The largest absolute Gasteiger partial charge is 0.472 e. The summed E-state index contributed by atoms with van der Waals surface area (Å²) in [7, 11) is 3.83. The molecule has 0 aromatic carbocycles. The molecule has 4 atom stereocenters. The van der Waals surface area contributed by atoms with Crippen molar-refractivity contribution in [3.05, 3.63) is 24.2 Å². The molecule has 3 heterocycles. The summed E-state index contributed by atoms with van der Waals surface area (Å²) in [6.07, 6.45) is 2.77. The van der Waals surface area contributed by atoms with E-state index < -0.39 is 41.3 Å². The maximum atomic E-state index is 12.8. The molecule has 2 fully saturated rings. The number of likely N-dealkylation sites (tertiary alicyclic amines) is 1. The van der Waals surface area contributed by atoms with Gasteiger partial charge >= 0.3 is 11.9 Å². The highest BCUT2D eigenvalue weighted by atomic mass is 16.5. The lowest BCUT2D eigenvalue weighted by molar-refractivity contribution is -0.155. The molecule has 0 unspecified atom stereocenters. The molecule has 2 aliphatic heterocycles. The minimum absolute atomic E-state index is 0.0330. The van der Waals surface area contributed by atoms with Crippen LogP contribution in [0.15, 0.2) is 23.0 Å². The number of nitrogens with one attached hydrogen (secondary N) is 1. The highest BCUT2D eigenvalue weighted by molar-refractivity contribution is 6.09. The number of hydrogen-bond acceptors (Lipinski definition) is 8. The van der Waals surface area contributed by atoms with Gasteiger partial charge in [-0.25, -0.2) is 0 Å². The minimum atomic E-state index is -1.51. The number of carbonyl (C=O) groups is 4. The van der Waals surface area contributed by atoms with Crippen molar-refractivity contribution >= 4 is 23.8 Å². The van der Waals surface area contributed by atoms with Crippen LogP contribution in [0.1, 0.15) is 24.4 Å². The number of furan rings is 1. The number of nitrogens with zero attached hydrogens (tertiary/aromatic N) is 1. The Kier molecular flexibility index (Phi) is 4.57. The molecule has 3 rings (SSSR count). The van der Waals surface area contributed by atoms with E-state index in [2.05, 4.69) is 10.1 Å². The molecule has 0 spiro atoms. The van der Waals surface area contributed by atoms with E-state index in [4.69, 9.17) is 9.15 Å². The fraction of sp³-hybridized carbons (Fsp3) is 0.529. The molecular weight excluding hydrogens is 344 g/mol. The Morgan fingerprint density at radius 1 is 1.27 bits per heavy atom. The summed E-state index contributed by atoms with van der Waals surface area (Å²) in [5.41, 5.74) is -0.868. The molecule has 0 saturated carbocycles. The van der Waals surface area contributed by atoms with Gasteiger partial charge in [0.2, 0.25) is 11.8 Å². The average molecular weight is 364 g/mol. The van der Waals surface area contributed by atoms with Gasteiger partial charge in [-0.3, -0.25) is 29.4 Å². The number of carbonyl (C=O) groups excluding carboxylic acids is 4. The van der Waals surface area contributed by atoms with Crippen LogP contribution in [0.25, 0.3) is 0 Å². The highest BCUT2D eigenvalue weighted by Crippen LogP contribution is 2.50. The smallest absolute Gasteiger partial charge is 0.326 e. The van der Waals surface area contributed by atoms with Gasteiger partial charge < -0.3 is 13.9 Å². The summed E-state index contributed by atoms with van der Waals surface area (Å²) >= 11 is 0. The van der Waals surface area contributed by atoms with Crippen molar-refractivity contribution in [1.29, 1.82) is 0 Å². The zero-order valence-electron chi connectivity index (χ0n) is 14.7. The van der Waals surface area contributed by atoms with Crippen molar-refractivity contribution in [3.8, 4) is 0 Å². The summed E-state index contributed by atoms with van der Waals surface area (Å²) in [5.74, 6) is -3.85. The first-order valence-electron chi connectivity index (χ1n) is 8.13. The number of methoxy groups -OCH3 is 2. The molecule has 140 valence electrons. The maximum absolute atomic E-state index is 12.8. The number of rotatable bonds is 5. The molecule has 0 radical (unpaired) electrons. The Morgan fingerprint density at radius 3 is 2.58 bits per heavy atom. The molecule has 1 aromatic rings. The van der Waals surface area contributed by atoms with Crippen molar-refractivity contribution in [1.82, 2.24) is 10.2 Å². The van der Waals surface area contributed by atoms with Crippen molar-refractivity contribution < 1.29 is 33.1 Å². The van der Waals surface area contributed by atoms with Gasteiger partial charge in [-0.2, -0.15) is 0 Å². The van der Waals surface area contributed by atoms with E-state index in [0.717, 1.165) is 4.90 Å². The number of hydrogen-bond donors (Lipinski definition) is 1. The third-order valence-electron chi connectivity index (χ3n) is 5.28. The summed E-state index contributed by atoms with van der Waals surface area (Å²) < 4.78 is 14.7. The Morgan fingerprint density at radius 2 is 2.00 bits per heavy atom. The minimum Gasteiger partial charge on any atom is -0.472 e. The predicted octanol–water partition coefficient (Wildman–Crippen LogP) is 0.0199. The van der Waals surface area contributed by atoms with E-state index in [0.29, 0.717) is 5.56 Å². The van der Waals surface area contributed by atoms with Crippen molar-refractivity contribution in [2.45, 2.75) is 24.4 Å². The van der Waals surface area contributed by atoms with Gasteiger partial charge in [-0.05, 0) is 12.5 Å². The van der Waals surface area contributed by atoms with Crippen LogP contribution in [-0.4, -0.2) is 55.5 Å². The summed E-state index contributed by atoms with van der Waals surface area (Å²) in [5, 5.41) is 3.11. The summed E-state index contributed by atoms with van der Waals surface area (Å²) in [4.78, 5) is 50.9. The first-order chi connectivity index (χ1) is 12.4. The third-order valence-corrected chi connectivity index (χ3v) is 5.28. The molecule has 9 nitrogen and oxygen atoms in total. The zero-order chi connectivity index (χ0) is 19.1. The Balaban J connectivity index is 2.07. The number of ether oxygens (including phenoxy) is 2.